The normalized spacial score (nSPS) is 25.8. The first-order valence-corrected chi connectivity index (χ1v) is 12.0. The second kappa shape index (κ2) is 9.66. The number of imide groups is 1. The van der Waals surface area contributed by atoms with Crippen molar-refractivity contribution in [3.63, 3.8) is 0 Å². The number of nitrogens with zero attached hydrogens (tertiary/aromatic N) is 1. The lowest BCUT2D eigenvalue weighted by Gasteiger charge is -2.42. The molecule has 36 heavy (non-hydrogen) atoms. The lowest BCUT2D eigenvalue weighted by Crippen LogP contribution is -2.45. The quantitative estimate of drug-likeness (QED) is 0.345. The van der Waals surface area contributed by atoms with Gasteiger partial charge in [0, 0.05) is 12.1 Å². The van der Waals surface area contributed by atoms with Crippen LogP contribution in [0.15, 0.2) is 53.5 Å². The van der Waals surface area contributed by atoms with Crippen LogP contribution in [0.2, 0.25) is 5.02 Å². The highest BCUT2D eigenvalue weighted by atomic mass is 35.5. The van der Waals surface area contributed by atoms with Gasteiger partial charge in [0.05, 0.1) is 30.2 Å². The van der Waals surface area contributed by atoms with E-state index in [4.69, 9.17) is 21.0 Å². The van der Waals surface area contributed by atoms with Gasteiger partial charge in [-0.05, 0) is 65.1 Å². The van der Waals surface area contributed by atoms with Gasteiger partial charge < -0.3 is 29.6 Å². The van der Waals surface area contributed by atoms with E-state index >= 15 is 0 Å². The summed E-state index contributed by atoms with van der Waals surface area (Å²) in [6, 6.07) is 10.5. The summed E-state index contributed by atoms with van der Waals surface area (Å²) in [6.07, 6.45) is -0.152. The van der Waals surface area contributed by atoms with Crippen molar-refractivity contribution in [2.24, 2.45) is 17.8 Å². The van der Waals surface area contributed by atoms with Crippen molar-refractivity contribution < 1.29 is 39.2 Å². The molecule has 2 aromatic carbocycles. The number of halogens is 1. The Morgan fingerprint density at radius 1 is 1.17 bits per heavy atom. The van der Waals surface area contributed by atoms with Crippen LogP contribution in [-0.4, -0.2) is 59.9 Å². The minimum Gasteiger partial charge on any atom is -0.508 e. The molecule has 9 nitrogen and oxygen atoms in total. The molecular weight excluding hydrogens is 487 g/mol. The summed E-state index contributed by atoms with van der Waals surface area (Å²) in [4.78, 5) is 28.4. The number of amides is 2. The van der Waals surface area contributed by atoms with Gasteiger partial charge in [0.25, 0.3) is 0 Å². The van der Waals surface area contributed by atoms with Crippen LogP contribution in [-0.2, 0) is 19.0 Å². The Morgan fingerprint density at radius 2 is 1.94 bits per heavy atom. The van der Waals surface area contributed by atoms with Gasteiger partial charge in [0.15, 0.2) is 0 Å². The highest BCUT2D eigenvalue weighted by Gasteiger charge is 2.58. The molecule has 3 aliphatic rings. The molecule has 2 aliphatic heterocycles. The maximum absolute atomic E-state index is 13.8. The second-order valence-corrected chi connectivity index (χ2v) is 9.74. The summed E-state index contributed by atoms with van der Waals surface area (Å²) in [7, 11) is -1.55. The second-order valence-electron chi connectivity index (χ2n) is 9.33. The van der Waals surface area contributed by atoms with Gasteiger partial charge in [-0.15, -0.1) is 0 Å². The third kappa shape index (κ3) is 4.15. The number of methoxy groups -OCH3 is 1. The van der Waals surface area contributed by atoms with E-state index in [9.17, 15) is 29.8 Å². The predicted molar refractivity (Wildman–Crippen MR) is 132 cm³/mol. The van der Waals surface area contributed by atoms with Crippen LogP contribution in [0.4, 0.5) is 5.69 Å². The summed E-state index contributed by atoms with van der Waals surface area (Å²) in [5, 5.41) is 40.2. The molecule has 1 aliphatic carbocycles. The van der Waals surface area contributed by atoms with Gasteiger partial charge >= 0.3 is 14.2 Å². The average Bonchev–Trinajstić information content (AvgIpc) is 3.08. The van der Waals surface area contributed by atoms with Crippen LogP contribution >= 0.6 is 11.6 Å². The van der Waals surface area contributed by atoms with Gasteiger partial charge in [-0.25, -0.2) is 0 Å². The highest BCUT2D eigenvalue weighted by molar-refractivity contribution is 6.58. The average molecular weight is 512 g/mol. The van der Waals surface area contributed by atoms with Crippen molar-refractivity contribution in [1.29, 1.82) is 0 Å². The molecule has 2 heterocycles. The Kier molecular flexibility index (Phi) is 6.71. The zero-order chi connectivity index (χ0) is 25.7. The number of benzene rings is 2. The van der Waals surface area contributed by atoms with E-state index in [1.54, 1.807) is 18.2 Å². The van der Waals surface area contributed by atoms with Crippen molar-refractivity contribution in [2.45, 2.75) is 18.9 Å². The zero-order valence-electron chi connectivity index (χ0n) is 19.4. The van der Waals surface area contributed by atoms with Gasteiger partial charge in [0.2, 0.25) is 11.8 Å². The summed E-state index contributed by atoms with van der Waals surface area (Å²) in [5.41, 5.74) is 2.23. The minimum atomic E-state index is -1.75. The molecule has 0 unspecified atom stereocenters. The molecule has 2 amide bonds. The van der Waals surface area contributed by atoms with Crippen molar-refractivity contribution >= 4 is 48.8 Å². The monoisotopic (exact) mass is 511 g/mol. The Labute approximate surface area is 213 Å². The maximum Gasteiger partial charge on any atom is 0.488 e. The molecule has 0 radical (unpaired) electrons. The number of carbonyl (C=O) groups excluding carboxylic acids is 2. The molecule has 12 heteroatoms. The number of phenols is 1. The molecule has 0 bridgehead atoms. The van der Waals surface area contributed by atoms with E-state index in [-0.39, 0.29) is 47.3 Å². The number of fused-ring (bicyclic) bond motifs is 3. The van der Waals surface area contributed by atoms with Crippen LogP contribution in [0.5, 0.6) is 5.75 Å². The Morgan fingerprint density at radius 3 is 2.64 bits per heavy atom. The summed E-state index contributed by atoms with van der Waals surface area (Å²) >= 11 is 6.35. The molecular formula is C24H24B2ClNO8. The molecule has 0 aromatic heterocycles. The van der Waals surface area contributed by atoms with E-state index < -0.39 is 44.0 Å². The fourth-order valence-electron chi connectivity index (χ4n) is 5.77. The Balaban J connectivity index is 1.55. The fourth-order valence-corrected chi connectivity index (χ4v) is 6.07. The topological polar surface area (TPSA) is 137 Å². The molecule has 2 fully saturated rings. The van der Waals surface area contributed by atoms with Crippen LogP contribution in [0.1, 0.15) is 24.5 Å². The standard InChI is InChI=1S/C24H24B2ClNO8/c1-35-11-12-7-18-21(24(31)28(23(18)30)14-4-2-3-13(8-14)25(32)33)17-10-20(36-26(34)22(12)17)16-6-5-15(29)9-19(16)27/h2-6,8-9,17-18,20-21,29,32-34H,7,10-11H2,1H3/t17-,18-,20-,21+/m0/s1. The number of carbonyl (C=O) groups is 2. The van der Waals surface area contributed by atoms with Crippen molar-refractivity contribution in [3.8, 4) is 5.75 Å². The summed E-state index contributed by atoms with van der Waals surface area (Å²) in [5.74, 6) is -2.74. The van der Waals surface area contributed by atoms with E-state index in [0.717, 1.165) is 4.90 Å². The smallest absolute Gasteiger partial charge is 0.488 e. The van der Waals surface area contributed by atoms with Gasteiger partial charge in [-0.2, -0.15) is 0 Å². The van der Waals surface area contributed by atoms with Crippen LogP contribution in [0, 0.1) is 17.8 Å². The third-order valence-corrected chi connectivity index (χ3v) is 7.61. The first-order chi connectivity index (χ1) is 17.2. The van der Waals surface area contributed by atoms with Crippen molar-refractivity contribution in [3.05, 3.63) is 64.1 Å². The SMILES string of the molecule is COCC1=C2B(O)O[C@H](c3ccc(O)cc3Cl)C[C@H]2[C@H]2C(=O)N(c3cccc(B(O)O)c3)C(=O)[C@H]2C1. The summed E-state index contributed by atoms with van der Waals surface area (Å²) in [6.45, 7) is 0.174. The third-order valence-electron chi connectivity index (χ3n) is 7.29. The molecule has 0 spiro atoms. The van der Waals surface area contributed by atoms with Gasteiger partial charge in [0.1, 0.15) is 5.75 Å². The molecule has 4 N–H and O–H groups in total. The minimum absolute atomic E-state index is 0.0109. The Hall–Kier alpha value is -2.66. The number of ether oxygens (including phenoxy) is 1. The predicted octanol–water partition coefficient (Wildman–Crippen LogP) is 0.975. The number of rotatable bonds is 5. The molecule has 5 rings (SSSR count). The van der Waals surface area contributed by atoms with Gasteiger partial charge in [-0.1, -0.05) is 29.8 Å². The van der Waals surface area contributed by atoms with E-state index in [0.29, 0.717) is 16.6 Å². The highest BCUT2D eigenvalue weighted by Crippen LogP contribution is 2.52. The largest absolute Gasteiger partial charge is 0.508 e. The summed E-state index contributed by atoms with van der Waals surface area (Å²) < 4.78 is 11.3. The molecule has 186 valence electrons. The number of hydrogen-bond acceptors (Lipinski definition) is 8. The molecule has 0 saturated carbocycles. The molecule has 4 atom stereocenters. The molecule has 2 saturated heterocycles. The Bertz CT molecular complexity index is 1250. The van der Waals surface area contributed by atoms with Crippen molar-refractivity contribution in [2.75, 3.05) is 18.6 Å². The van der Waals surface area contributed by atoms with Gasteiger partial charge in [-0.3, -0.25) is 14.5 Å². The first kappa shape index (κ1) is 25.0. The fraction of sp³-hybridized carbons (Fsp3) is 0.333. The molecule has 2 aromatic rings. The van der Waals surface area contributed by atoms with Crippen molar-refractivity contribution in [1.82, 2.24) is 0 Å². The number of phenolic OH excluding ortho intramolecular Hbond substituents is 1. The van der Waals surface area contributed by atoms with E-state index in [2.05, 4.69) is 0 Å². The number of allylic oxidation sites excluding steroid dienone is 1. The van der Waals surface area contributed by atoms with Crippen LogP contribution in [0.25, 0.3) is 0 Å². The maximum atomic E-state index is 13.8. The number of aromatic hydroxyl groups is 1. The zero-order valence-corrected chi connectivity index (χ0v) is 20.1. The van der Waals surface area contributed by atoms with Crippen LogP contribution in [0.3, 0.4) is 0 Å². The lowest BCUT2D eigenvalue weighted by atomic mass is 9.55. The van der Waals surface area contributed by atoms with E-state index in [1.807, 2.05) is 0 Å². The van der Waals surface area contributed by atoms with E-state index in [1.165, 1.54) is 31.4 Å². The first-order valence-electron chi connectivity index (χ1n) is 11.6. The lowest BCUT2D eigenvalue weighted by molar-refractivity contribution is -0.123. The number of anilines is 1. The van der Waals surface area contributed by atoms with Crippen LogP contribution < -0.4 is 10.4 Å². The number of hydrogen-bond donors (Lipinski definition) is 4.